The van der Waals surface area contributed by atoms with Gasteiger partial charge in [-0.25, -0.2) is 9.59 Å². The number of hydrogen-bond donors (Lipinski definition) is 7. The number of guanidine groups is 1. The van der Waals surface area contributed by atoms with E-state index in [1.54, 1.807) is 24.3 Å². The third kappa shape index (κ3) is 10.4. The standard InChI is InChI=1S/C21H31N9O5.CH4/c22-13(8-9-16(23)31)17-29-18(35-30-17)14(7-4-10-26-20(24)25)27-21(34)28-15(19(32)33)11-12-5-2-1-3-6-12;/h1-3,5-6,13-15H,4,7-11,22H2,(H2,23,31)(H,32,33)(H4,24,25,26)(H2,27,28,34);1H4/t13-,14-,15-;/m0./s1. The number of carbonyl (C=O) groups is 3. The lowest BCUT2D eigenvalue weighted by Crippen LogP contribution is -2.48. The summed E-state index contributed by atoms with van der Waals surface area (Å²) in [6.45, 7) is 0.285. The first-order valence-corrected chi connectivity index (χ1v) is 10.9. The van der Waals surface area contributed by atoms with Crippen LogP contribution >= 0.6 is 0 Å². The number of hydrogen-bond acceptors (Lipinski definition) is 8. The van der Waals surface area contributed by atoms with Crippen LogP contribution in [0.2, 0.25) is 0 Å². The van der Waals surface area contributed by atoms with Gasteiger partial charge in [-0.1, -0.05) is 42.9 Å². The van der Waals surface area contributed by atoms with E-state index in [-0.39, 0.29) is 50.9 Å². The third-order valence-corrected chi connectivity index (χ3v) is 4.93. The van der Waals surface area contributed by atoms with Gasteiger partial charge >= 0.3 is 12.0 Å². The molecule has 198 valence electrons. The van der Waals surface area contributed by atoms with E-state index >= 15 is 0 Å². The number of carboxylic acids is 1. The normalized spacial score (nSPS) is 12.9. The van der Waals surface area contributed by atoms with Crippen LogP contribution in [0.5, 0.6) is 0 Å². The minimum Gasteiger partial charge on any atom is -0.480 e. The largest absolute Gasteiger partial charge is 0.480 e. The zero-order valence-electron chi connectivity index (χ0n) is 19.1. The zero-order chi connectivity index (χ0) is 25.8. The predicted octanol–water partition coefficient (Wildman–Crippen LogP) is 0.0608. The lowest BCUT2D eigenvalue weighted by molar-refractivity contribution is -0.139. The van der Waals surface area contributed by atoms with Crippen molar-refractivity contribution in [1.29, 1.82) is 0 Å². The molecule has 0 spiro atoms. The lowest BCUT2D eigenvalue weighted by atomic mass is 10.1. The Bertz CT molecular complexity index is 1010. The zero-order valence-corrected chi connectivity index (χ0v) is 19.1. The van der Waals surface area contributed by atoms with Crippen LogP contribution in [0.1, 0.15) is 62.5 Å². The number of primary amides is 1. The van der Waals surface area contributed by atoms with Crippen LogP contribution in [0.25, 0.3) is 0 Å². The average Bonchev–Trinajstić information content (AvgIpc) is 3.30. The van der Waals surface area contributed by atoms with Crippen molar-refractivity contribution in [2.24, 2.45) is 27.9 Å². The molecule has 0 unspecified atom stereocenters. The second kappa shape index (κ2) is 14.9. The summed E-state index contributed by atoms with van der Waals surface area (Å²) in [5, 5.41) is 18.5. The highest BCUT2D eigenvalue weighted by Gasteiger charge is 2.26. The molecule has 2 aromatic rings. The number of carboxylic acid groups (broad SMARTS) is 1. The molecular weight excluding hydrogens is 470 g/mol. The Labute approximate surface area is 208 Å². The first kappa shape index (κ1) is 29.8. The van der Waals surface area contributed by atoms with Crippen LogP contribution in [0.3, 0.4) is 0 Å². The summed E-state index contributed by atoms with van der Waals surface area (Å²) in [5.41, 5.74) is 22.6. The molecule has 11 N–H and O–H groups in total. The number of carbonyl (C=O) groups excluding carboxylic acids is 2. The number of nitrogens with zero attached hydrogens (tertiary/aromatic N) is 3. The van der Waals surface area contributed by atoms with Gasteiger partial charge in [-0.3, -0.25) is 9.79 Å². The Morgan fingerprint density at radius 3 is 2.39 bits per heavy atom. The van der Waals surface area contributed by atoms with Crippen molar-refractivity contribution < 1.29 is 24.0 Å². The number of nitrogens with two attached hydrogens (primary N) is 4. The molecule has 0 saturated heterocycles. The van der Waals surface area contributed by atoms with E-state index in [1.165, 1.54) is 0 Å². The Kier molecular flexibility index (Phi) is 12.4. The molecule has 0 radical (unpaired) electrons. The molecule has 0 saturated carbocycles. The number of rotatable bonds is 14. The molecule has 0 aliphatic rings. The van der Waals surface area contributed by atoms with Crippen LogP contribution in [0.15, 0.2) is 39.8 Å². The van der Waals surface area contributed by atoms with Crippen molar-refractivity contribution in [2.75, 3.05) is 6.54 Å². The van der Waals surface area contributed by atoms with Gasteiger partial charge in [0.25, 0.3) is 0 Å². The molecule has 36 heavy (non-hydrogen) atoms. The van der Waals surface area contributed by atoms with Crippen molar-refractivity contribution in [3.05, 3.63) is 47.6 Å². The molecule has 1 aromatic carbocycles. The lowest BCUT2D eigenvalue weighted by Gasteiger charge is -2.19. The third-order valence-electron chi connectivity index (χ3n) is 4.93. The molecule has 2 rings (SSSR count). The molecule has 3 amide bonds. The molecule has 14 nitrogen and oxygen atoms in total. The number of aromatic nitrogens is 2. The number of aliphatic imine (C=N–C) groups is 1. The highest BCUT2D eigenvalue weighted by Crippen LogP contribution is 2.20. The van der Waals surface area contributed by atoms with Crippen molar-refractivity contribution in [3.8, 4) is 0 Å². The number of amides is 3. The number of urea groups is 1. The summed E-state index contributed by atoms with van der Waals surface area (Å²) in [6, 6.07) is 5.53. The van der Waals surface area contributed by atoms with Gasteiger partial charge in [0, 0.05) is 19.4 Å². The van der Waals surface area contributed by atoms with E-state index in [9.17, 15) is 19.5 Å². The molecule has 0 bridgehead atoms. The van der Waals surface area contributed by atoms with Gasteiger partial charge in [0.1, 0.15) is 12.1 Å². The summed E-state index contributed by atoms with van der Waals surface area (Å²) in [5.74, 6) is -1.56. The van der Waals surface area contributed by atoms with Gasteiger partial charge in [-0.05, 0) is 24.8 Å². The Morgan fingerprint density at radius 2 is 1.78 bits per heavy atom. The summed E-state index contributed by atoms with van der Waals surface area (Å²) in [7, 11) is 0. The van der Waals surface area contributed by atoms with Crippen molar-refractivity contribution in [3.63, 3.8) is 0 Å². The summed E-state index contributed by atoms with van der Waals surface area (Å²) < 4.78 is 5.28. The van der Waals surface area contributed by atoms with Gasteiger partial charge in [0.05, 0.1) is 6.04 Å². The van der Waals surface area contributed by atoms with E-state index in [2.05, 4.69) is 25.8 Å². The second-order valence-electron chi connectivity index (χ2n) is 7.80. The van der Waals surface area contributed by atoms with Crippen LogP contribution < -0.4 is 33.6 Å². The van der Waals surface area contributed by atoms with E-state index < -0.39 is 36.0 Å². The minimum absolute atomic E-state index is 0. The predicted molar refractivity (Wildman–Crippen MR) is 132 cm³/mol. The summed E-state index contributed by atoms with van der Waals surface area (Å²) >= 11 is 0. The molecule has 1 aromatic heterocycles. The molecule has 3 atom stereocenters. The van der Waals surface area contributed by atoms with Gasteiger partial charge in [-0.2, -0.15) is 4.98 Å². The molecule has 14 heteroatoms. The highest BCUT2D eigenvalue weighted by molar-refractivity contribution is 5.83. The smallest absolute Gasteiger partial charge is 0.326 e. The topological polar surface area (TPSA) is 251 Å². The molecule has 0 aliphatic heterocycles. The Morgan fingerprint density at radius 1 is 1.08 bits per heavy atom. The maximum Gasteiger partial charge on any atom is 0.326 e. The fourth-order valence-electron chi connectivity index (χ4n) is 3.14. The first-order chi connectivity index (χ1) is 16.7. The first-order valence-electron chi connectivity index (χ1n) is 10.9. The van der Waals surface area contributed by atoms with Gasteiger partial charge in [0.2, 0.25) is 11.8 Å². The van der Waals surface area contributed by atoms with Gasteiger partial charge in [-0.15, -0.1) is 0 Å². The monoisotopic (exact) mass is 505 g/mol. The average molecular weight is 506 g/mol. The van der Waals surface area contributed by atoms with Crippen molar-refractivity contribution >= 4 is 23.9 Å². The molecule has 0 fully saturated rings. The van der Waals surface area contributed by atoms with E-state index in [1.807, 2.05) is 6.07 Å². The van der Waals surface area contributed by atoms with E-state index in [4.69, 9.17) is 27.5 Å². The fraction of sp³-hybridized carbons (Fsp3) is 0.455. The Hall–Kier alpha value is -4.20. The number of nitrogens with one attached hydrogen (secondary N) is 2. The Balaban J connectivity index is 0.00000648. The van der Waals surface area contributed by atoms with E-state index in [0.29, 0.717) is 12.8 Å². The van der Waals surface area contributed by atoms with Crippen molar-refractivity contribution in [1.82, 2.24) is 20.8 Å². The SMILES string of the molecule is C.NC(=O)CC[C@H](N)c1noc([C@H](CCCN=C(N)N)NC(=O)N[C@@H](Cc2ccccc2)C(=O)O)n1. The van der Waals surface area contributed by atoms with Gasteiger partial charge < -0.3 is 43.2 Å². The minimum atomic E-state index is -1.19. The molecular formula is C22H35N9O5. The van der Waals surface area contributed by atoms with E-state index in [0.717, 1.165) is 5.56 Å². The number of benzene rings is 1. The highest BCUT2D eigenvalue weighted by atomic mass is 16.5. The van der Waals surface area contributed by atoms with Crippen LogP contribution in [-0.4, -0.2) is 51.7 Å². The van der Waals surface area contributed by atoms with Crippen LogP contribution in [0.4, 0.5) is 4.79 Å². The van der Waals surface area contributed by atoms with Crippen LogP contribution in [-0.2, 0) is 16.0 Å². The van der Waals surface area contributed by atoms with Crippen LogP contribution in [0, 0.1) is 0 Å². The molecule has 1 heterocycles. The maximum absolute atomic E-state index is 12.7. The maximum atomic E-state index is 12.7. The quantitative estimate of drug-likeness (QED) is 0.103. The second-order valence-corrected chi connectivity index (χ2v) is 7.80. The van der Waals surface area contributed by atoms with Crippen molar-refractivity contribution in [2.45, 2.75) is 57.7 Å². The van der Waals surface area contributed by atoms with Gasteiger partial charge in [0.15, 0.2) is 11.8 Å². The fourth-order valence-corrected chi connectivity index (χ4v) is 3.14. The summed E-state index contributed by atoms with van der Waals surface area (Å²) in [4.78, 5) is 43.5. The number of aliphatic carboxylic acids is 1. The summed E-state index contributed by atoms with van der Waals surface area (Å²) in [6.07, 6.45) is 1.11. The molecule has 0 aliphatic carbocycles.